The first kappa shape index (κ1) is 19.3. The van der Waals surface area contributed by atoms with Crippen molar-refractivity contribution in [2.24, 2.45) is 5.41 Å². The summed E-state index contributed by atoms with van der Waals surface area (Å²) in [7, 11) is 1.71. The molecule has 0 spiro atoms. The second-order valence-corrected chi connectivity index (χ2v) is 8.36. The van der Waals surface area contributed by atoms with Crippen LogP contribution in [0.25, 0.3) is 0 Å². The van der Waals surface area contributed by atoms with E-state index in [0.29, 0.717) is 0 Å². The molecule has 3 atom stereocenters. The van der Waals surface area contributed by atoms with E-state index in [-0.39, 0.29) is 17.4 Å². The molecule has 0 saturated carbocycles. The van der Waals surface area contributed by atoms with Crippen LogP contribution in [0, 0.1) is 5.41 Å². The zero-order chi connectivity index (χ0) is 18.6. The van der Waals surface area contributed by atoms with Gasteiger partial charge in [-0.3, -0.25) is 0 Å². The summed E-state index contributed by atoms with van der Waals surface area (Å²) in [5.41, 5.74) is 2.36. The maximum absolute atomic E-state index is 11.7. The number of ether oxygens (including phenoxy) is 1. The summed E-state index contributed by atoms with van der Waals surface area (Å²) < 4.78 is 5.46. The SMILES string of the molecule is CCCC[C@@]1(CC)CSc2cc(OC)ccc2[C@@H](c2ccccc2)[C@H]1O. The zero-order valence-electron chi connectivity index (χ0n) is 16.1. The van der Waals surface area contributed by atoms with E-state index in [4.69, 9.17) is 4.74 Å². The van der Waals surface area contributed by atoms with Crippen LogP contribution in [0.15, 0.2) is 53.4 Å². The lowest BCUT2D eigenvalue weighted by molar-refractivity contribution is 0.0182. The summed E-state index contributed by atoms with van der Waals surface area (Å²) in [6.07, 6.45) is 4.00. The van der Waals surface area contributed by atoms with Crippen molar-refractivity contribution in [3.05, 3.63) is 59.7 Å². The Balaban J connectivity index is 2.12. The van der Waals surface area contributed by atoms with E-state index >= 15 is 0 Å². The number of fused-ring (bicyclic) bond motifs is 1. The van der Waals surface area contributed by atoms with Gasteiger partial charge in [-0.15, -0.1) is 11.8 Å². The first-order chi connectivity index (χ1) is 12.6. The third-order valence-electron chi connectivity index (χ3n) is 5.91. The molecule has 0 aromatic heterocycles. The Hall–Kier alpha value is -1.45. The van der Waals surface area contributed by atoms with E-state index in [0.717, 1.165) is 37.2 Å². The molecular weight excluding hydrogens is 340 g/mol. The van der Waals surface area contributed by atoms with Gasteiger partial charge in [0.05, 0.1) is 13.2 Å². The van der Waals surface area contributed by atoms with E-state index in [9.17, 15) is 5.11 Å². The van der Waals surface area contributed by atoms with Gasteiger partial charge in [-0.05, 0) is 36.1 Å². The number of hydrogen-bond acceptors (Lipinski definition) is 3. The Labute approximate surface area is 162 Å². The zero-order valence-corrected chi connectivity index (χ0v) is 16.9. The molecule has 2 aromatic carbocycles. The summed E-state index contributed by atoms with van der Waals surface area (Å²) in [6, 6.07) is 16.8. The monoisotopic (exact) mass is 370 g/mol. The Morgan fingerprint density at radius 3 is 2.58 bits per heavy atom. The Bertz CT molecular complexity index is 715. The molecule has 26 heavy (non-hydrogen) atoms. The van der Waals surface area contributed by atoms with Crippen LogP contribution in [0.1, 0.15) is 56.6 Å². The fraction of sp³-hybridized carbons (Fsp3) is 0.478. The minimum atomic E-state index is -0.386. The van der Waals surface area contributed by atoms with Crippen molar-refractivity contribution in [3.63, 3.8) is 0 Å². The lowest BCUT2D eigenvalue weighted by atomic mass is 9.69. The number of aliphatic hydroxyl groups excluding tert-OH is 1. The van der Waals surface area contributed by atoms with Gasteiger partial charge in [0.25, 0.3) is 0 Å². The predicted octanol–water partition coefficient (Wildman–Crippen LogP) is 5.88. The van der Waals surface area contributed by atoms with E-state index in [1.54, 1.807) is 7.11 Å². The predicted molar refractivity (Wildman–Crippen MR) is 110 cm³/mol. The van der Waals surface area contributed by atoms with Crippen molar-refractivity contribution in [2.45, 2.75) is 56.4 Å². The number of benzene rings is 2. The van der Waals surface area contributed by atoms with Gasteiger partial charge in [0, 0.05) is 22.0 Å². The lowest BCUT2D eigenvalue weighted by Crippen LogP contribution is -2.40. The average molecular weight is 371 g/mol. The minimum absolute atomic E-state index is 0.00362. The van der Waals surface area contributed by atoms with Crippen LogP contribution in [-0.2, 0) is 0 Å². The molecule has 0 unspecified atom stereocenters. The minimum Gasteiger partial charge on any atom is -0.497 e. The number of unbranched alkanes of at least 4 members (excludes halogenated alkanes) is 1. The van der Waals surface area contributed by atoms with Crippen LogP contribution in [0.4, 0.5) is 0 Å². The van der Waals surface area contributed by atoms with Gasteiger partial charge >= 0.3 is 0 Å². The molecule has 0 saturated heterocycles. The average Bonchev–Trinajstić information content (AvgIpc) is 2.81. The van der Waals surface area contributed by atoms with Gasteiger partial charge in [-0.2, -0.15) is 0 Å². The summed E-state index contributed by atoms with van der Waals surface area (Å²) in [6.45, 7) is 4.46. The van der Waals surface area contributed by atoms with E-state index in [1.165, 1.54) is 16.0 Å². The highest BCUT2D eigenvalue weighted by Gasteiger charge is 2.44. The number of aliphatic hydroxyl groups is 1. The van der Waals surface area contributed by atoms with Crippen LogP contribution in [0.2, 0.25) is 0 Å². The molecule has 0 bridgehead atoms. The summed E-state index contributed by atoms with van der Waals surface area (Å²) >= 11 is 1.88. The first-order valence-corrected chi connectivity index (χ1v) is 10.7. The molecule has 0 radical (unpaired) electrons. The van der Waals surface area contributed by atoms with Gasteiger partial charge in [-0.1, -0.05) is 63.1 Å². The van der Waals surface area contributed by atoms with Crippen molar-refractivity contribution >= 4 is 11.8 Å². The highest BCUT2D eigenvalue weighted by atomic mass is 32.2. The van der Waals surface area contributed by atoms with Gasteiger partial charge < -0.3 is 9.84 Å². The molecular formula is C23H30O2S. The molecule has 0 amide bonds. The molecule has 140 valence electrons. The third kappa shape index (κ3) is 3.65. The fourth-order valence-corrected chi connectivity index (χ4v) is 5.64. The molecule has 0 aliphatic carbocycles. The summed E-state index contributed by atoms with van der Waals surface area (Å²) in [5.74, 6) is 1.84. The van der Waals surface area contributed by atoms with Crippen LogP contribution in [0.5, 0.6) is 5.75 Å². The fourth-order valence-electron chi connectivity index (χ4n) is 4.11. The van der Waals surface area contributed by atoms with Crippen molar-refractivity contribution in [3.8, 4) is 5.75 Å². The molecule has 3 rings (SSSR count). The molecule has 1 aliphatic rings. The van der Waals surface area contributed by atoms with Gasteiger partial charge in [0.2, 0.25) is 0 Å². The Morgan fingerprint density at radius 2 is 1.92 bits per heavy atom. The van der Waals surface area contributed by atoms with Crippen molar-refractivity contribution in [2.75, 3.05) is 12.9 Å². The largest absolute Gasteiger partial charge is 0.497 e. The standard InChI is InChI=1S/C23H30O2S/c1-4-6-14-23(5-2)16-26-20-15-18(25-3)12-13-19(20)21(22(23)24)17-10-8-7-9-11-17/h7-13,15,21-22,24H,4-6,14,16H2,1-3H3/t21-,22-,23+/m1/s1. The quantitative estimate of drug-likeness (QED) is 0.688. The van der Waals surface area contributed by atoms with E-state index < -0.39 is 0 Å². The molecule has 3 heteroatoms. The highest BCUT2D eigenvalue weighted by molar-refractivity contribution is 7.99. The number of methoxy groups -OCH3 is 1. The van der Waals surface area contributed by atoms with Crippen LogP contribution in [0.3, 0.4) is 0 Å². The first-order valence-electron chi connectivity index (χ1n) is 9.69. The normalized spacial score (nSPS) is 25.4. The Morgan fingerprint density at radius 1 is 1.15 bits per heavy atom. The van der Waals surface area contributed by atoms with Crippen LogP contribution >= 0.6 is 11.8 Å². The maximum Gasteiger partial charge on any atom is 0.119 e. The molecule has 2 nitrogen and oxygen atoms in total. The molecule has 1 aliphatic heterocycles. The van der Waals surface area contributed by atoms with Crippen molar-refractivity contribution < 1.29 is 9.84 Å². The van der Waals surface area contributed by atoms with E-state index in [1.807, 2.05) is 23.9 Å². The summed E-state index contributed by atoms with van der Waals surface area (Å²) in [5, 5.41) is 11.7. The smallest absolute Gasteiger partial charge is 0.119 e. The van der Waals surface area contributed by atoms with Crippen molar-refractivity contribution in [1.29, 1.82) is 0 Å². The highest BCUT2D eigenvalue weighted by Crippen LogP contribution is 2.51. The summed E-state index contributed by atoms with van der Waals surface area (Å²) in [4.78, 5) is 1.24. The van der Waals surface area contributed by atoms with Crippen LogP contribution < -0.4 is 4.74 Å². The lowest BCUT2D eigenvalue weighted by Gasteiger charge is -2.39. The number of hydrogen-bond donors (Lipinski definition) is 1. The second kappa shape index (κ2) is 8.49. The maximum atomic E-state index is 11.7. The van der Waals surface area contributed by atoms with Gasteiger partial charge in [0.15, 0.2) is 0 Å². The Kier molecular flexibility index (Phi) is 6.31. The molecule has 1 heterocycles. The topological polar surface area (TPSA) is 29.5 Å². The number of rotatable bonds is 6. The molecule has 2 aromatic rings. The second-order valence-electron chi connectivity index (χ2n) is 7.35. The third-order valence-corrected chi connectivity index (χ3v) is 7.29. The van der Waals surface area contributed by atoms with Gasteiger partial charge in [0.1, 0.15) is 5.75 Å². The van der Waals surface area contributed by atoms with E-state index in [2.05, 4.69) is 50.2 Å². The van der Waals surface area contributed by atoms with Crippen LogP contribution in [-0.4, -0.2) is 24.1 Å². The number of thioether (sulfide) groups is 1. The molecule has 0 fully saturated rings. The molecule has 1 N–H and O–H groups in total. The van der Waals surface area contributed by atoms with Crippen molar-refractivity contribution in [1.82, 2.24) is 0 Å². The van der Waals surface area contributed by atoms with Gasteiger partial charge in [-0.25, -0.2) is 0 Å².